The van der Waals surface area contributed by atoms with Crippen molar-refractivity contribution in [2.24, 2.45) is 5.92 Å². The van der Waals surface area contributed by atoms with Crippen LogP contribution in [0.25, 0.3) is 0 Å². The summed E-state index contributed by atoms with van der Waals surface area (Å²) in [5.41, 5.74) is 1.15. The molecule has 0 saturated carbocycles. The van der Waals surface area contributed by atoms with Crippen LogP contribution in [0.4, 0.5) is 0 Å². The molecular weight excluding hydrogens is 251 g/mol. The SMILES string of the molecule is CC(C)COP(=O)(O)Oc1ccc(C(C)C)cc1. The topological polar surface area (TPSA) is 55.8 Å². The van der Waals surface area contributed by atoms with Crippen LogP contribution in [0.3, 0.4) is 0 Å². The summed E-state index contributed by atoms with van der Waals surface area (Å²) in [6.07, 6.45) is 0. The molecule has 1 aromatic rings. The minimum absolute atomic E-state index is 0.178. The molecule has 0 spiro atoms. The number of hydrogen-bond acceptors (Lipinski definition) is 3. The summed E-state index contributed by atoms with van der Waals surface area (Å²) in [5.74, 6) is 0.934. The van der Waals surface area contributed by atoms with Gasteiger partial charge in [-0.25, -0.2) is 4.57 Å². The fourth-order valence-corrected chi connectivity index (χ4v) is 2.24. The summed E-state index contributed by atoms with van der Waals surface area (Å²) in [6.45, 7) is 8.16. The number of benzene rings is 1. The third-order valence-electron chi connectivity index (χ3n) is 2.34. The quantitative estimate of drug-likeness (QED) is 0.796. The van der Waals surface area contributed by atoms with Gasteiger partial charge in [-0.05, 0) is 29.5 Å². The first-order chi connectivity index (χ1) is 8.30. The average Bonchev–Trinajstić information content (AvgIpc) is 2.27. The Morgan fingerprint density at radius 2 is 1.72 bits per heavy atom. The van der Waals surface area contributed by atoms with Gasteiger partial charge in [-0.2, -0.15) is 0 Å². The van der Waals surface area contributed by atoms with Gasteiger partial charge in [0.2, 0.25) is 0 Å². The summed E-state index contributed by atoms with van der Waals surface area (Å²) in [6, 6.07) is 7.11. The molecule has 1 unspecified atom stereocenters. The second kappa shape index (κ2) is 6.37. The minimum Gasteiger partial charge on any atom is -0.404 e. The van der Waals surface area contributed by atoms with E-state index in [1.54, 1.807) is 12.1 Å². The maximum absolute atomic E-state index is 11.6. The molecule has 18 heavy (non-hydrogen) atoms. The molecule has 0 heterocycles. The summed E-state index contributed by atoms with van der Waals surface area (Å²) >= 11 is 0. The molecule has 1 rings (SSSR count). The van der Waals surface area contributed by atoms with Gasteiger partial charge in [0.15, 0.2) is 0 Å². The molecule has 1 atom stereocenters. The van der Waals surface area contributed by atoms with E-state index in [1.807, 2.05) is 26.0 Å². The van der Waals surface area contributed by atoms with Crippen LogP contribution in [0.2, 0.25) is 0 Å². The Kier molecular flexibility index (Phi) is 5.39. The summed E-state index contributed by atoms with van der Waals surface area (Å²) in [7, 11) is -4.01. The standard InChI is InChI=1S/C13H21O4P/c1-10(2)9-16-18(14,15)17-13-7-5-12(6-8-13)11(3)4/h5-8,10-11H,9H2,1-4H3,(H,14,15). The van der Waals surface area contributed by atoms with Gasteiger partial charge in [-0.3, -0.25) is 9.42 Å². The van der Waals surface area contributed by atoms with Crippen molar-refractivity contribution in [3.8, 4) is 5.75 Å². The van der Waals surface area contributed by atoms with Crippen molar-refractivity contribution in [3.63, 3.8) is 0 Å². The van der Waals surface area contributed by atoms with Crippen LogP contribution in [0.1, 0.15) is 39.2 Å². The summed E-state index contributed by atoms with van der Waals surface area (Å²) in [4.78, 5) is 9.51. The Hall–Kier alpha value is -0.830. The predicted molar refractivity (Wildman–Crippen MR) is 71.8 cm³/mol. The van der Waals surface area contributed by atoms with Crippen LogP contribution in [-0.4, -0.2) is 11.5 Å². The van der Waals surface area contributed by atoms with Gasteiger partial charge in [0.1, 0.15) is 5.75 Å². The van der Waals surface area contributed by atoms with Gasteiger partial charge < -0.3 is 4.52 Å². The van der Waals surface area contributed by atoms with Gasteiger partial charge in [0.25, 0.3) is 0 Å². The Morgan fingerprint density at radius 1 is 1.17 bits per heavy atom. The van der Waals surface area contributed by atoms with Crippen LogP contribution in [0, 0.1) is 5.92 Å². The smallest absolute Gasteiger partial charge is 0.404 e. The first-order valence-corrected chi connectivity index (χ1v) is 7.56. The molecule has 0 fully saturated rings. The first kappa shape index (κ1) is 15.2. The fraction of sp³-hybridized carbons (Fsp3) is 0.538. The molecule has 1 aromatic carbocycles. The van der Waals surface area contributed by atoms with E-state index in [-0.39, 0.29) is 12.5 Å². The third kappa shape index (κ3) is 5.21. The van der Waals surface area contributed by atoms with Crippen molar-refractivity contribution in [1.82, 2.24) is 0 Å². The molecule has 5 heteroatoms. The second-order valence-electron chi connectivity index (χ2n) is 4.97. The normalized spacial score (nSPS) is 14.8. The van der Waals surface area contributed by atoms with Crippen molar-refractivity contribution < 1.29 is 18.5 Å². The highest BCUT2D eigenvalue weighted by Crippen LogP contribution is 2.44. The molecule has 102 valence electrons. The second-order valence-corrected chi connectivity index (χ2v) is 6.35. The van der Waals surface area contributed by atoms with E-state index in [1.165, 1.54) is 0 Å². The van der Waals surface area contributed by atoms with Crippen molar-refractivity contribution >= 4 is 7.82 Å². The van der Waals surface area contributed by atoms with Crippen molar-refractivity contribution in [2.75, 3.05) is 6.61 Å². The lowest BCUT2D eigenvalue weighted by atomic mass is 10.0. The lowest BCUT2D eigenvalue weighted by Gasteiger charge is -2.14. The van der Waals surface area contributed by atoms with E-state index in [0.717, 1.165) is 5.56 Å². The highest BCUT2D eigenvalue weighted by Gasteiger charge is 2.23. The van der Waals surface area contributed by atoms with Crippen LogP contribution < -0.4 is 4.52 Å². The first-order valence-electron chi connectivity index (χ1n) is 6.07. The Labute approximate surface area is 109 Å². The zero-order valence-corrected chi connectivity index (χ0v) is 12.2. The maximum Gasteiger partial charge on any atom is 0.527 e. The van der Waals surface area contributed by atoms with Crippen LogP contribution in [0.5, 0.6) is 5.75 Å². The molecule has 0 aliphatic heterocycles. The number of hydrogen-bond donors (Lipinski definition) is 1. The fourth-order valence-electron chi connectivity index (χ4n) is 1.32. The average molecular weight is 272 g/mol. The molecule has 0 radical (unpaired) electrons. The molecule has 0 aromatic heterocycles. The lowest BCUT2D eigenvalue weighted by molar-refractivity contribution is 0.183. The monoisotopic (exact) mass is 272 g/mol. The third-order valence-corrected chi connectivity index (χ3v) is 3.26. The molecule has 0 bridgehead atoms. The molecule has 4 nitrogen and oxygen atoms in total. The molecule has 0 aliphatic rings. The Balaban J connectivity index is 2.63. The lowest BCUT2D eigenvalue weighted by Crippen LogP contribution is -2.03. The van der Waals surface area contributed by atoms with E-state index in [9.17, 15) is 9.46 Å². The Bertz CT molecular complexity index is 412. The highest BCUT2D eigenvalue weighted by molar-refractivity contribution is 7.47. The molecule has 1 N–H and O–H groups in total. The zero-order chi connectivity index (χ0) is 13.8. The van der Waals surface area contributed by atoms with Crippen molar-refractivity contribution in [3.05, 3.63) is 29.8 Å². The number of phosphoric acid groups is 1. The van der Waals surface area contributed by atoms with Crippen molar-refractivity contribution in [1.29, 1.82) is 0 Å². The molecular formula is C13H21O4P. The maximum atomic E-state index is 11.6. The van der Waals surface area contributed by atoms with Crippen LogP contribution in [0.15, 0.2) is 24.3 Å². The highest BCUT2D eigenvalue weighted by atomic mass is 31.2. The van der Waals surface area contributed by atoms with E-state index < -0.39 is 7.82 Å². The van der Waals surface area contributed by atoms with Crippen molar-refractivity contribution in [2.45, 2.75) is 33.6 Å². The predicted octanol–water partition coefficient (Wildman–Crippen LogP) is 3.96. The van der Waals surface area contributed by atoms with Gasteiger partial charge in [-0.15, -0.1) is 0 Å². The molecule has 0 aliphatic carbocycles. The Morgan fingerprint density at radius 3 is 2.17 bits per heavy atom. The van der Waals surface area contributed by atoms with Gasteiger partial charge in [0, 0.05) is 0 Å². The van der Waals surface area contributed by atoms with Crippen LogP contribution in [-0.2, 0) is 9.09 Å². The van der Waals surface area contributed by atoms with Gasteiger partial charge in [-0.1, -0.05) is 39.8 Å². The minimum atomic E-state index is -4.01. The largest absolute Gasteiger partial charge is 0.527 e. The molecule has 0 amide bonds. The zero-order valence-electron chi connectivity index (χ0n) is 11.3. The van der Waals surface area contributed by atoms with E-state index >= 15 is 0 Å². The molecule has 0 saturated heterocycles. The van der Waals surface area contributed by atoms with E-state index in [4.69, 9.17) is 9.05 Å². The van der Waals surface area contributed by atoms with Gasteiger partial charge in [0.05, 0.1) is 6.61 Å². The van der Waals surface area contributed by atoms with Crippen LogP contribution >= 0.6 is 7.82 Å². The summed E-state index contributed by atoms with van der Waals surface area (Å²) in [5, 5.41) is 0. The number of rotatable bonds is 6. The number of phosphoric ester groups is 1. The van der Waals surface area contributed by atoms with E-state index in [2.05, 4.69) is 13.8 Å². The summed E-state index contributed by atoms with van der Waals surface area (Å²) < 4.78 is 21.5. The van der Waals surface area contributed by atoms with Gasteiger partial charge >= 0.3 is 7.82 Å². The van der Waals surface area contributed by atoms with E-state index in [0.29, 0.717) is 11.7 Å².